The predicted molar refractivity (Wildman–Crippen MR) is 49.1 cm³/mol. The molecule has 88 valence electrons. The highest BCUT2D eigenvalue weighted by atomic mass is 19.4. The summed E-state index contributed by atoms with van der Waals surface area (Å²) in [6.07, 6.45) is -5.85. The topological polar surface area (TPSA) is 58.6 Å². The summed E-state index contributed by atoms with van der Waals surface area (Å²) in [6.45, 7) is -1.67. The molecule has 0 spiro atoms. The SMILES string of the molecule is O=C(Nc1ccccc1O)OCC(F)(F)F. The quantitative estimate of drug-likeness (QED) is 0.774. The van der Waals surface area contributed by atoms with E-state index in [0.717, 1.165) is 0 Å². The number of ether oxygens (including phenoxy) is 1. The number of rotatable bonds is 2. The molecule has 7 heteroatoms. The van der Waals surface area contributed by atoms with E-state index in [1.54, 1.807) is 0 Å². The van der Waals surface area contributed by atoms with E-state index in [0.29, 0.717) is 0 Å². The van der Waals surface area contributed by atoms with Gasteiger partial charge in [0.15, 0.2) is 6.61 Å². The molecule has 4 nitrogen and oxygen atoms in total. The Morgan fingerprint density at radius 1 is 1.38 bits per heavy atom. The number of phenolic OH excluding ortho intramolecular Hbond substituents is 1. The third kappa shape index (κ3) is 4.07. The maximum Gasteiger partial charge on any atom is 0.422 e. The molecule has 0 unspecified atom stereocenters. The van der Waals surface area contributed by atoms with Crippen LogP contribution in [0, 0.1) is 0 Å². The molecule has 0 fully saturated rings. The molecule has 0 aromatic heterocycles. The number of anilines is 1. The summed E-state index contributed by atoms with van der Waals surface area (Å²) in [5.41, 5.74) is -0.0188. The van der Waals surface area contributed by atoms with Crippen molar-refractivity contribution in [2.75, 3.05) is 11.9 Å². The zero-order valence-corrected chi connectivity index (χ0v) is 7.91. The number of benzene rings is 1. The molecule has 0 heterocycles. The van der Waals surface area contributed by atoms with Gasteiger partial charge in [-0.25, -0.2) is 4.79 Å². The predicted octanol–water partition coefficient (Wildman–Crippen LogP) is 2.50. The van der Waals surface area contributed by atoms with Crippen LogP contribution >= 0.6 is 0 Å². The first-order valence-electron chi connectivity index (χ1n) is 4.17. The Balaban J connectivity index is 2.50. The van der Waals surface area contributed by atoms with E-state index in [1.165, 1.54) is 24.3 Å². The van der Waals surface area contributed by atoms with Gasteiger partial charge in [0.1, 0.15) is 5.75 Å². The number of amides is 1. The molecule has 0 aliphatic heterocycles. The van der Waals surface area contributed by atoms with Crippen molar-refractivity contribution < 1.29 is 27.8 Å². The van der Waals surface area contributed by atoms with Gasteiger partial charge >= 0.3 is 12.3 Å². The Kier molecular flexibility index (Phi) is 3.60. The van der Waals surface area contributed by atoms with Gasteiger partial charge in [-0.05, 0) is 12.1 Å². The van der Waals surface area contributed by atoms with E-state index in [4.69, 9.17) is 0 Å². The van der Waals surface area contributed by atoms with Crippen molar-refractivity contribution in [1.82, 2.24) is 0 Å². The minimum Gasteiger partial charge on any atom is -0.506 e. The van der Waals surface area contributed by atoms with E-state index < -0.39 is 18.9 Å². The first kappa shape index (κ1) is 12.2. The zero-order valence-electron chi connectivity index (χ0n) is 7.91. The lowest BCUT2D eigenvalue weighted by atomic mass is 10.3. The van der Waals surface area contributed by atoms with Gasteiger partial charge in [0.25, 0.3) is 0 Å². The minimum absolute atomic E-state index is 0.0188. The van der Waals surface area contributed by atoms with Gasteiger partial charge in [-0.1, -0.05) is 12.1 Å². The van der Waals surface area contributed by atoms with Gasteiger partial charge in [0.05, 0.1) is 5.69 Å². The fourth-order valence-electron chi connectivity index (χ4n) is 0.873. The highest BCUT2D eigenvalue weighted by molar-refractivity contribution is 5.86. The number of carbonyl (C=O) groups is 1. The van der Waals surface area contributed by atoms with Gasteiger partial charge in [-0.2, -0.15) is 13.2 Å². The number of hydrogen-bond acceptors (Lipinski definition) is 3. The Labute approximate surface area is 88.6 Å². The van der Waals surface area contributed by atoms with Crippen LogP contribution in [-0.2, 0) is 4.74 Å². The smallest absolute Gasteiger partial charge is 0.422 e. The second kappa shape index (κ2) is 4.73. The third-order valence-corrected chi connectivity index (χ3v) is 1.51. The molecule has 0 saturated carbocycles. The molecule has 16 heavy (non-hydrogen) atoms. The van der Waals surface area contributed by atoms with E-state index in [-0.39, 0.29) is 11.4 Å². The van der Waals surface area contributed by atoms with Gasteiger partial charge in [-0.15, -0.1) is 0 Å². The Morgan fingerprint density at radius 2 is 2.00 bits per heavy atom. The van der Waals surface area contributed by atoms with Crippen molar-refractivity contribution in [2.24, 2.45) is 0 Å². The van der Waals surface area contributed by atoms with Crippen LogP contribution < -0.4 is 5.32 Å². The van der Waals surface area contributed by atoms with E-state index in [2.05, 4.69) is 4.74 Å². The summed E-state index contributed by atoms with van der Waals surface area (Å²) >= 11 is 0. The van der Waals surface area contributed by atoms with Crippen LogP contribution in [-0.4, -0.2) is 24.0 Å². The van der Waals surface area contributed by atoms with Crippen LogP contribution in [0.1, 0.15) is 0 Å². The molecule has 0 aliphatic carbocycles. The van der Waals surface area contributed by atoms with Gasteiger partial charge < -0.3 is 9.84 Å². The second-order valence-corrected chi connectivity index (χ2v) is 2.83. The van der Waals surface area contributed by atoms with E-state index >= 15 is 0 Å². The Bertz CT molecular complexity index is 379. The summed E-state index contributed by atoms with van der Waals surface area (Å²) in [6, 6.07) is 5.60. The third-order valence-electron chi connectivity index (χ3n) is 1.51. The number of aromatic hydroxyl groups is 1. The van der Waals surface area contributed by atoms with Crippen LogP contribution in [0.25, 0.3) is 0 Å². The number of para-hydroxylation sites is 2. The van der Waals surface area contributed by atoms with Crippen molar-refractivity contribution in [3.05, 3.63) is 24.3 Å². The average molecular weight is 235 g/mol. The van der Waals surface area contributed by atoms with Gasteiger partial charge in [0.2, 0.25) is 0 Å². The Hall–Kier alpha value is -1.92. The van der Waals surface area contributed by atoms with E-state index in [1.807, 2.05) is 5.32 Å². The largest absolute Gasteiger partial charge is 0.506 e. The first-order chi connectivity index (χ1) is 7.38. The van der Waals surface area contributed by atoms with Crippen molar-refractivity contribution in [2.45, 2.75) is 6.18 Å². The lowest BCUT2D eigenvalue weighted by Gasteiger charge is -2.09. The number of carbonyl (C=O) groups excluding carboxylic acids is 1. The normalized spacial score (nSPS) is 10.9. The summed E-state index contributed by atoms with van der Waals surface area (Å²) in [7, 11) is 0. The molecule has 0 aliphatic rings. The van der Waals surface area contributed by atoms with Crippen molar-refractivity contribution >= 4 is 11.8 Å². The highest BCUT2D eigenvalue weighted by Gasteiger charge is 2.29. The van der Waals surface area contributed by atoms with Crippen molar-refractivity contribution in [3.63, 3.8) is 0 Å². The standard InChI is InChI=1S/C9H8F3NO3/c10-9(11,12)5-16-8(15)13-6-3-1-2-4-7(6)14/h1-4,14H,5H2,(H,13,15). The average Bonchev–Trinajstić information content (AvgIpc) is 2.18. The van der Waals surface area contributed by atoms with Crippen LogP contribution in [0.5, 0.6) is 5.75 Å². The molecule has 0 atom stereocenters. The summed E-state index contributed by atoms with van der Waals surface area (Å²) in [4.78, 5) is 10.9. The maximum absolute atomic E-state index is 11.7. The molecule has 1 aromatic carbocycles. The molecule has 1 rings (SSSR count). The minimum atomic E-state index is -4.57. The number of phenols is 1. The molecular formula is C9H8F3NO3. The van der Waals surface area contributed by atoms with Crippen molar-refractivity contribution in [3.8, 4) is 5.75 Å². The van der Waals surface area contributed by atoms with Gasteiger partial charge in [-0.3, -0.25) is 5.32 Å². The number of nitrogens with one attached hydrogen (secondary N) is 1. The number of alkyl halides is 3. The zero-order chi connectivity index (χ0) is 12.2. The fraction of sp³-hybridized carbons (Fsp3) is 0.222. The summed E-state index contributed by atoms with van der Waals surface area (Å²) < 4.78 is 38.9. The number of hydrogen-bond donors (Lipinski definition) is 2. The summed E-state index contributed by atoms with van der Waals surface area (Å²) in [5, 5.41) is 11.2. The van der Waals surface area contributed by atoms with Crippen LogP contribution in [0.3, 0.4) is 0 Å². The lowest BCUT2D eigenvalue weighted by Crippen LogP contribution is -2.23. The lowest BCUT2D eigenvalue weighted by molar-refractivity contribution is -0.159. The maximum atomic E-state index is 11.7. The van der Waals surface area contributed by atoms with E-state index in [9.17, 15) is 23.1 Å². The summed E-state index contributed by atoms with van der Waals surface area (Å²) in [5.74, 6) is -0.258. The molecule has 1 amide bonds. The van der Waals surface area contributed by atoms with Crippen molar-refractivity contribution in [1.29, 1.82) is 0 Å². The molecule has 0 radical (unpaired) electrons. The molecular weight excluding hydrogens is 227 g/mol. The van der Waals surface area contributed by atoms with Gasteiger partial charge in [0, 0.05) is 0 Å². The molecule has 2 N–H and O–H groups in total. The monoisotopic (exact) mass is 235 g/mol. The second-order valence-electron chi connectivity index (χ2n) is 2.83. The number of halogens is 3. The Morgan fingerprint density at radius 3 is 2.56 bits per heavy atom. The van der Waals surface area contributed by atoms with Crippen LogP contribution in [0.15, 0.2) is 24.3 Å². The fourth-order valence-corrected chi connectivity index (χ4v) is 0.873. The highest BCUT2D eigenvalue weighted by Crippen LogP contribution is 2.22. The molecule has 0 saturated heterocycles. The van der Waals surface area contributed by atoms with Crippen LogP contribution in [0.4, 0.5) is 23.7 Å². The van der Waals surface area contributed by atoms with Crippen LogP contribution in [0.2, 0.25) is 0 Å². The molecule has 1 aromatic rings. The molecule has 0 bridgehead atoms. The first-order valence-corrected chi connectivity index (χ1v) is 4.17.